The fraction of sp³-hybridized carbons (Fsp3) is 0.667. The van der Waals surface area contributed by atoms with Crippen molar-refractivity contribution in [2.45, 2.75) is 58.7 Å². The van der Waals surface area contributed by atoms with Crippen LogP contribution in [0.25, 0.3) is 0 Å². The largest absolute Gasteiger partial charge is 0.373 e. The van der Waals surface area contributed by atoms with Gasteiger partial charge in [-0.15, -0.1) is 11.3 Å². The van der Waals surface area contributed by atoms with Crippen LogP contribution < -0.4 is 5.32 Å². The van der Waals surface area contributed by atoms with Gasteiger partial charge in [0.2, 0.25) is 0 Å². The molecule has 2 aromatic rings. The smallest absolute Gasteiger partial charge is 0.0981 e. The lowest BCUT2D eigenvalue weighted by Crippen LogP contribution is -2.24. The van der Waals surface area contributed by atoms with Crippen molar-refractivity contribution >= 4 is 11.3 Å². The zero-order chi connectivity index (χ0) is 17.2. The van der Waals surface area contributed by atoms with E-state index in [2.05, 4.69) is 49.3 Å². The Hall–Kier alpha value is -1.24. The predicted octanol–water partition coefficient (Wildman–Crippen LogP) is 3.52. The average Bonchev–Trinajstić information content (AvgIpc) is 3.26. The van der Waals surface area contributed by atoms with Crippen molar-refractivity contribution in [3.63, 3.8) is 0 Å². The molecule has 1 fully saturated rings. The third-order valence-electron chi connectivity index (χ3n) is 4.42. The van der Waals surface area contributed by atoms with Crippen molar-refractivity contribution in [3.05, 3.63) is 34.0 Å². The third kappa shape index (κ3) is 4.05. The minimum atomic E-state index is 0.132. The molecule has 0 unspecified atom stereocenters. The number of nitrogens with one attached hydrogen (secondary N) is 1. The summed E-state index contributed by atoms with van der Waals surface area (Å²) < 4.78 is 7.92. The Balaban J connectivity index is 1.53. The van der Waals surface area contributed by atoms with Gasteiger partial charge in [0.15, 0.2) is 0 Å². The fourth-order valence-electron chi connectivity index (χ4n) is 3.03. The van der Waals surface area contributed by atoms with E-state index in [1.807, 2.05) is 28.4 Å². The normalized spacial score (nSPS) is 21.5. The van der Waals surface area contributed by atoms with E-state index in [0.29, 0.717) is 5.92 Å². The molecule has 2 atom stereocenters. The van der Waals surface area contributed by atoms with E-state index in [1.54, 1.807) is 0 Å². The molecule has 1 saturated heterocycles. The lowest BCUT2D eigenvalue weighted by molar-refractivity contribution is 0.0904. The Morgan fingerprint density at radius 2 is 2.21 bits per heavy atom. The Morgan fingerprint density at radius 1 is 1.38 bits per heavy atom. The first kappa shape index (κ1) is 17.6. The highest BCUT2D eigenvalue weighted by Crippen LogP contribution is 2.34. The minimum absolute atomic E-state index is 0.132. The highest BCUT2D eigenvalue weighted by Gasteiger charge is 2.30. The summed E-state index contributed by atoms with van der Waals surface area (Å²) in [6.07, 6.45) is 7.34. The number of nitrogens with zero attached hydrogens (tertiary/aromatic N) is 3. The van der Waals surface area contributed by atoms with Gasteiger partial charge in [-0.05, 0) is 13.3 Å². The average molecular weight is 349 g/mol. The van der Waals surface area contributed by atoms with Gasteiger partial charge in [0.25, 0.3) is 0 Å². The molecule has 3 heterocycles. The first-order chi connectivity index (χ1) is 11.5. The van der Waals surface area contributed by atoms with Crippen LogP contribution >= 0.6 is 11.3 Å². The second-order valence-corrected chi connectivity index (χ2v) is 8.60. The van der Waals surface area contributed by atoms with E-state index in [-0.39, 0.29) is 11.5 Å². The monoisotopic (exact) mass is 348 g/mol. The van der Waals surface area contributed by atoms with Crippen molar-refractivity contribution < 1.29 is 4.74 Å². The quantitative estimate of drug-likeness (QED) is 0.868. The summed E-state index contributed by atoms with van der Waals surface area (Å²) in [6, 6.07) is 0. The molecule has 0 aliphatic carbocycles. The summed E-state index contributed by atoms with van der Waals surface area (Å²) in [6.45, 7) is 12.3. The topological polar surface area (TPSA) is 52.0 Å². The molecule has 0 amide bonds. The number of aryl methyl sites for hydroxylation is 1. The number of thiazole rings is 1. The van der Waals surface area contributed by atoms with Crippen LogP contribution in [0.5, 0.6) is 0 Å². The van der Waals surface area contributed by atoms with E-state index in [4.69, 9.17) is 4.74 Å². The molecule has 5 nitrogen and oxygen atoms in total. The molecule has 2 aromatic heterocycles. The van der Waals surface area contributed by atoms with E-state index in [0.717, 1.165) is 32.7 Å². The van der Waals surface area contributed by atoms with Crippen LogP contribution in [0.2, 0.25) is 0 Å². The van der Waals surface area contributed by atoms with E-state index in [9.17, 15) is 0 Å². The van der Waals surface area contributed by atoms with Gasteiger partial charge in [0.1, 0.15) is 0 Å². The van der Waals surface area contributed by atoms with Crippen LogP contribution in [0, 0.1) is 5.92 Å². The summed E-state index contributed by atoms with van der Waals surface area (Å²) >= 11 is 1.81. The van der Waals surface area contributed by atoms with Crippen molar-refractivity contribution in [1.82, 2.24) is 20.1 Å². The van der Waals surface area contributed by atoms with Crippen molar-refractivity contribution in [1.29, 1.82) is 0 Å². The predicted molar refractivity (Wildman–Crippen MR) is 97.2 cm³/mol. The minimum Gasteiger partial charge on any atom is -0.373 e. The Bertz CT molecular complexity index is 658. The lowest BCUT2D eigenvalue weighted by atomic mass is 9.97. The molecule has 3 rings (SSSR count). The molecule has 0 aromatic carbocycles. The summed E-state index contributed by atoms with van der Waals surface area (Å²) in [5.74, 6) is 0.509. The van der Waals surface area contributed by atoms with Crippen LogP contribution in [-0.2, 0) is 23.2 Å². The van der Waals surface area contributed by atoms with E-state index in [1.165, 1.54) is 15.4 Å². The Labute approximate surface area is 148 Å². The second-order valence-electron chi connectivity index (χ2n) is 7.48. The zero-order valence-corrected chi connectivity index (χ0v) is 15.9. The van der Waals surface area contributed by atoms with Gasteiger partial charge in [-0.1, -0.05) is 20.8 Å². The molecule has 0 spiro atoms. The molecule has 1 aliphatic rings. The van der Waals surface area contributed by atoms with Gasteiger partial charge in [-0.2, -0.15) is 5.10 Å². The summed E-state index contributed by atoms with van der Waals surface area (Å²) in [7, 11) is 0. The number of rotatable bonds is 6. The van der Waals surface area contributed by atoms with Crippen LogP contribution in [0.15, 0.2) is 18.6 Å². The van der Waals surface area contributed by atoms with Gasteiger partial charge >= 0.3 is 0 Å². The lowest BCUT2D eigenvalue weighted by Gasteiger charge is -2.17. The molecule has 24 heavy (non-hydrogen) atoms. The highest BCUT2D eigenvalue weighted by atomic mass is 32.1. The van der Waals surface area contributed by atoms with Gasteiger partial charge in [0.05, 0.1) is 17.3 Å². The fourth-order valence-corrected chi connectivity index (χ4v) is 3.97. The van der Waals surface area contributed by atoms with Crippen molar-refractivity contribution in [2.24, 2.45) is 5.92 Å². The SMILES string of the molecule is CCn1cc([C@@H]2OCC[C@@H]2CNCc2cnc(C(C)(C)C)s2)cn1. The summed E-state index contributed by atoms with van der Waals surface area (Å²) in [4.78, 5) is 5.86. The molecule has 0 radical (unpaired) electrons. The van der Waals surface area contributed by atoms with E-state index < -0.39 is 0 Å². The van der Waals surface area contributed by atoms with Crippen LogP contribution in [0.1, 0.15) is 55.7 Å². The van der Waals surface area contributed by atoms with Gasteiger partial charge in [-0.25, -0.2) is 4.98 Å². The third-order valence-corrected chi connectivity index (χ3v) is 5.84. The maximum Gasteiger partial charge on any atom is 0.0981 e. The number of hydrogen-bond acceptors (Lipinski definition) is 5. The molecule has 6 heteroatoms. The molecule has 1 aliphatic heterocycles. The second kappa shape index (κ2) is 7.33. The summed E-state index contributed by atoms with van der Waals surface area (Å²) in [5, 5.41) is 9.17. The number of hydrogen-bond donors (Lipinski definition) is 1. The first-order valence-electron chi connectivity index (χ1n) is 8.77. The molecular weight excluding hydrogens is 320 g/mol. The van der Waals surface area contributed by atoms with Gasteiger partial charge in [-0.3, -0.25) is 4.68 Å². The Morgan fingerprint density at radius 3 is 2.88 bits per heavy atom. The van der Waals surface area contributed by atoms with Crippen molar-refractivity contribution in [2.75, 3.05) is 13.2 Å². The molecular formula is C18H28N4OS. The highest BCUT2D eigenvalue weighted by molar-refractivity contribution is 7.11. The van der Waals surface area contributed by atoms with Gasteiger partial charge in [0, 0.05) is 60.4 Å². The van der Waals surface area contributed by atoms with E-state index >= 15 is 0 Å². The molecule has 0 bridgehead atoms. The maximum atomic E-state index is 5.96. The standard InChI is InChI=1S/C18H28N4OS/c1-5-22-12-14(9-21-22)16-13(6-7-23-16)8-19-10-15-11-20-17(24-15)18(2,3)4/h9,11-13,16,19H,5-8,10H2,1-4H3/t13-,16-/m1/s1. The van der Waals surface area contributed by atoms with Gasteiger partial charge < -0.3 is 10.1 Å². The van der Waals surface area contributed by atoms with Crippen LogP contribution in [0.3, 0.4) is 0 Å². The first-order valence-corrected chi connectivity index (χ1v) is 9.59. The molecule has 0 saturated carbocycles. The molecule has 132 valence electrons. The van der Waals surface area contributed by atoms with Crippen LogP contribution in [0.4, 0.5) is 0 Å². The summed E-state index contributed by atoms with van der Waals surface area (Å²) in [5.41, 5.74) is 1.33. The Kier molecular flexibility index (Phi) is 5.37. The number of ether oxygens (including phenoxy) is 1. The van der Waals surface area contributed by atoms with Crippen LogP contribution in [-0.4, -0.2) is 27.9 Å². The van der Waals surface area contributed by atoms with Crippen molar-refractivity contribution in [3.8, 4) is 0 Å². The number of aromatic nitrogens is 3. The molecule has 1 N–H and O–H groups in total. The maximum absolute atomic E-state index is 5.96. The zero-order valence-electron chi connectivity index (χ0n) is 15.1.